The van der Waals surface area contributed by atoms with Gasteiger partial charge in [0.05, 0.1) is 0 Å². The van der Waals surface area contributed by atoms with Crippen molar-refractivity contribution < 1.29 is 18.3 Å². The van der Waals surface area contributed by atoms with Gasteiger partial charge in [0.25, 0.3) is 0 Å². The van der Waals surface area contributed by atoms with Crippen molar-refractivity contribution >= 4 is 50.3 Å². The van der Waals surface area contributed by atoms with E-state index < -0.39 is 29.2 Å². The van der Waals surface area contributed by atoms with Gasteiger partial charge in [0, 0.05) is 10.8 Å². The average molecular weight is 308 g/mol. The number of aromatic hydroxyl groups is 1. The lowest BCUT2D eigenvalue weighted by Gasteiger charge is -2.11. The van der Waals surface area contributed by atoms with Gasteiger partial charge < -0.3 is 5.11 Å². The number of hydrogen-bond donors (Lipinski definition) is 1. The molecule has 0 aromatic heterocycles. The molecule has 0 saturated heterocycles. The smallest absolute Gasteiger partial charge is 0.376 e. The molecule has 0 saturated carbocycles. The molecule has 1 nitrogen and oxygen atoms in total. The van der Waals surface area contributed by atoms with E-state index >= 15 is 0 Å². The molecule has 0 fully saturated rings. The lowest BCUT2D eigenvalue weighted by atomic mass is 10.2. The minimum absolute atomic E-state index is 0.0216. The second kappa shape index (κ2) is 4.87. The Morgan fingerprint density at radius 3 is 2.06 bits per heavy atom. The molecule has 88 valence electrons. The molecule has 0 aliphatic rings. The Hall–Kier alpha value is -0.363. The van der Waals surface area contributed by atoms with Gasteiger partial charge in [-0.25, -0.2) is 4.39 Å². The van der Waals surface area contributed by atoms with Crippen LogP contribution in [0.4, 0.5) is 13.2 Å². The van der Waals surface area contributed by atoms with E-state index in [1.807, 2.05) is 0 Å². The van der Waals surface area contributed by atoms with E-state index in [1.165, 1.54) is 0 Å². The Balaban J connectivity index is 3.25. The first kappa shape index (κ1) is 13.7. The molecule has 16 heavy (non-hydrogen) atoms. The van der Waals surface area contributed by atoms with Gasteiger partial charge >= 0.3 is 12.1 Å². The normalized spacial score (nSPS) is 11.4. The Labute approximate surface area is 104 Å². The van der Waals surface area contributed by atoms with Crippen molar-refractivity contribution in [1.29, 1.82) is 0 Å². The van der Waals surface area contributed by atoms with E-state index in [1.54, 1.807) is 0 Å². The maximum Gasteiger partial charge on any atom is 0.376 e. The molecule has 0 aliphatic heterocycles. The van der Waals surface area contributed by atoms with Crippen LogP contribution in [0.1, 0.15) is 5.56 Å². The monoisotopic (exact) mass is 306 g/mol. The molecule has 0 atom stereocenters. The SMILES string of the molecule is Oc1cc(C(F)=C(F)F)ccc1[Si](Cl)(Cl)Cl. The fourth-order valence-corrected chi connectivity index (χ4v) is 3.09. The summed E-state index contributed by atoms with van der Waals surface area (Å²) in [4.78, 5) is 0. The van der Waals surface area contributed by atoms with Crippen molar-refractivity contribution in [2.24, 2.45) is 0 Å². The van der Waals surface area contributed by atoms with E-state index in [9.17, 15) is 18.3 Å². The highest BCUT2D eigenvalue weighted by Crippen LogP contribution is 2.28. The van der Waals surface area contributed by atoms with Crippen LogP contribution in [0.25, 0.3) is 5.83 Å². The van der Waals surface area contributed by atoms with E-state index in [0.29, 0.717) is 0 Å². The Kier molecular flexibility index (Phi) is 4.17. The standard InChI is InChI=1S/C8H4Cl3F3OSi/c9-16(10,11)6-2-1-4(3-5(6)15)7(12)8(13)14/h1-3,15H. The van der Waals surface area contributed by atoms with Crippen LogP contribution >= 0.6 is 33.2 Å². The Morgan fingerprint density at radius 1 is 1.12 bits per heavy atom. The van der Waals surface area contributed by atoms with Crippen LogP contribution < -0.4 is 5.19 Å². The first-order chi connectivity index (χ1) is 7.23. The maximum atomic E-state index is 12.8. The van der Waals surface area contributed by atoms with E-state index in [-0.39, 0.29) is 5.19 Å². The molecule has 0 heterocycles. The van der Waals surface area contributed by atoms with Crippen LogP contribution in [0.3, 0.4) is 0 Å². The highest BCUT2D eigenvalue weighted by Gasteiger charge is 2.31. The molecule has 1 aromatic rings. The predicted octanol–water partition coefficient (Wildman–Crippen LogP) is 3.79. The van der Waals surface area contributed by atoms with Crippen LogP contribution in [0.2, 0.25) is 0 Å². The average Bonchev–Trinajstić information content (AvgIpc) is 2.14. The summed E-state index contributed by atoms with van der Waals surface area (Å²) in [5.41, 5.74) is -0.468. The molecule has 1 N–H and O–H groups in total. The summed E-state index contributed by atoms with van der Waals surface area (Å²) in [6.45, 7) is 0. The summed E-state index contributed by atoms with van der Waals surface area (Å²) >= 11 is 16.8. The molecule has 1 rings (SSSR count). The highest BCUT2D eigenvalue weighted by molar-refractivity contribution is 7.69. The molecule has 0 unspecified atom stereocenters. The molecule has 8 heteroatoms. The Morgan fingerprint density at radius 2 is 1.69 bits per heavy atom. The summed E-state index contributed by atoms with van der Waals surface area (Å²) < 4.78 is 36.7. The summed E-state index contributed by atoms with van der Waals surface area (Å²) in [5, 5.41) is 9.43. The number of benzene rings is 1. The van der Waals surface area contributed by atoms with Crippen LogP contribution in [0, 0.1) is 0 Å². The third-order valence-corrected chi connectivity index (χ3v) is 4.59. The minimum Gasteiger partial charge on any atom is -0.508 e. The lowest BCUT2D eigenvalue weighted by Crippen LogP contribution is -2.30. The third kappa shape index (κ3) is 3.07. The summed E-state index contributed by atoms with van der Waals surface area (Å²) in [5.74, 6) is -2.23. The number of halogens is 6. The zero-order valence-corrected chi connectivity index (χ0v) is 10.7. The van der Waals surface area contributed by atoms with E-state index in [4.69, 9.17) is 33.2 Å². The fraction of sp³-hybridized carbons (Fsp3) is 0. The van der Waals surface area contributed by atoms with Crippen molar-refractivity contribution in [2.75, 3.05) is 0 Å². The zero-order valence-electron chi connectivity index (χ0n) is 7.45. The largest absolute Gasteiger partial charge is 0.508 e. The van der Waals surface area contributed by atoms with Crippen molar-refractivity contribution in [3.8, 4) is 5.75 Å². The second-order valence-electron chi connectivity index (χ2n) is 2.80. The molecule has 0 radical (unpaired) electrons. The summed E-state index contributed by atoms with van der Waals surface area (Å²) in [7, 11) is 0. The molecule has 1 aromatic carbocycles. The van der Waals surface area contributed by atoms with Gasteiger partial charge in [0.1, 0.15) is 5.75 Å². The number of rotatable bonds is 2. The summed E-state index contributed by atoms with van der Waals surface area (Å²) in [6.07, 6.45) is -2.47. The van der Waals surface area contributed by atoms with Gasteiger partial charge in [-0.15, -0.1) is 33.2 Å². The topological polar surface area (TPSA) is 20.2 Å². The van der Waals surface area contributed by atoms with Crippen LogP contribution in [-0.4, -0.2) is 11.1 Å². The van der Waals surface area contributed by atoms with Gasteiger partial charge in [-0.1, -0.05) is 12.1 Å². The fourth-order valence-electron chi connectivity index (χ4n) is 1.02. The first-order valence-electron chi connectivity index (χ1n) is 3.85. The molecule has 0 aliphatic carbocycles. The molecular weight excluding hydrogens is 304 g/mol. The second-order valence-corrected chi connectivity index (χ2v) is 11.2. The number of phenols is 1. The third-order valence-electron chi connectivity index (χ3n) is 1.72. The van der Waals surface area contributed by atoms with Crippen molar-refractivity contribution in [2.45, 2.75) is 0 Å². The van der Waals surface area contributed by atoms with Gasteiger partial charge in [-0.05, 0) is 6.07 Å². The molecule has 0 amide bonds. The molecule has 0 spiro atoms. The Bertz CT molecular complexity index is 441. The van der Waals surface area contributed by atoms with Crippen molar-refractivity contribution in [3.05, 3.63) is 29.8 Å². The first-order valence-corrected chi connectivity index (χ1v) is 8.88. The van der Waals surface area contributed by atoms with Crippen molar-refractivity contribution in [3.63, 3.8) is 0 Å². The summed E-state index contributed by atoms with van der Waals surface area (Å²) in [6, 6.07) is -0.402. The van der Waals surface area contributed by atoms with E-state index in [0.717, 1.165) is 18.2 Å². The molecule has 0 bridgehead atoms. The van der Waals surface area contributed by atoms with Gasteiger partial charge in [-0.2, -0.15) is 8.78 Å². The van der Waals surface area contributed by atoms with Gasteiger partial charge in [0.15, 0.2) is 5.83 Å². The minimum atomic E-state index is -3.32. The van der Waals surface area contributed by atoms with Crippen LogP contribution in [0.15, 0.2) is 24.3 Å². The van der Waals surface area contributed by atoms with Crippen LogP contribution in [0.5, 0.6) is 5.75 Å². The van der Waals surface area contributed by atoms with Crippen LogP contribution in [-0.2, 0) is 0 Å². The van der Waals surface area contributed by atoms with Gasteiger partial charge in [0.2, 0.25) is 0 Å². The van der Waals surface area contributed by atoms with Crippen molar-refractivity contribution in [1.82, 2.24) is 0 Å². The maximum absolute atomic E-state index is 12.8. The van der Waals surface area contributed by atoms with E-state index in [2.05, 4.69) is 0 Å². The lowest BCUT2D eigenvalue weighted by molar-refractivity contribution is 0.410. The number of phenolic OH excluding ortho intramolecular Hbond substituents is 1. The van der Waals surface area contributed by atoms with Gasteiger partial charge in [-0.3, -0.25) is 0 Å². The predicted molar refractivity (Wildman–Crippen MR) is 61.3 cm³/mol. The number of hydrogen-bond acceptors (Lipinski definition) is 1. The quantitative estimate of drug-likeness (QED) is 0.651. The highest BCUT2D eigenvalue weighted by atomic mass is 35.8. The molecular formula is C8H4Cl3F3OSi. The zero-order chi connectivity index (χ0) is 12.5.